The van der Waals surface area contributed by atoms with Crippen molar-refractivity contribution in [2.75, 3.05) is 4.90 Å². The first kappa shape index (κ1) is 25.4. The monoisotopic (exact) mass is 515 g/mol. The molecule has 0 fully saturated rings. The van der Waals surface area contributed by atoms with Gasteiger partial charge in [-0.1, -0.05) is 90.5 Å². The molecule has 0 N–H and O–H groups in total. The van der Waals surface area contributed by atoms with Crippen LogP contribution in [0.5, 0.6) is 0 Å². The zero-order valence-electron chi connectivity index (χ0n) is 23.7. The lowest BCUT2D eigenvalue weighted by Crippen LogP contribution is -2.57. The Morgan fingerprint density at radius 1 is 0.718 bits per heavy atom. The minimum absolute atomic E-state index is 0.0298. The Bertz CT molecular complexity index is 1500. The maximum absolute atomic E-state index is 7.06. The predicted molar refractivity (Wildman–Crippen MR) is 161 cm³/mol. The number of anilines is 2. The van der Waals surface area contributed by atoms with Crippen molar-refractivity contribution in [1.82, 2.24) is 4.90 Å². The molecule has 2 aliphatic heterocycles. The third kappa shape index (κ3) is 4.53. The molecular weight excluding hydrogens is 478 g/mol. The highest BCUT2D eigenvalue weighted by atomic mass is 16.5. The van der Waals surface area contributed by atoms with Crippen LogP contribution in [0.3, 0.4) is 0 Å². The van der Waals surface area contributed by atoms with Gasteiger partial charge in [0.2, 0.25) is 6.35 Å². The van der Waals surface area contributed by atoms with Crippen LogP contribution in [0.25, 0.3) is 0 Å². The van der Waals surface area contributed by atoms with Gasteiger partial charge in [0.1, 0.15) is 11.9 Å². The van der Waals surface area contributed by atoms with Crippen molar-refractivity contribution in [2.45, 2.75) is 65.6 Å². The highest BCUT2D eigenvalue weighted by Crippen LogP contribution is 2.51. The summed E-state index contributed by atoms with van der Waals surface area (Å²) in [6.07, 6.45) is -0.391. The Morgan fingerprint density at radius 2 is 1.28 bits per heavy atom. The average molecular weight is 516 g/mol. The van der Waals surface area contributed by atoms with Gasteiger partial charge in [0, 0.05) is 5.56 Å². The van der Waals surface area contributed by atoms with E-state index in [0.717, 1.165) is 17.1 Å². The van der Waals surface area contributed by atoms with Crippen LogP contribution in [-0.4, -0.2) is 22.7 Å². The quantitative estimate of drug-likeness (QED) is 0.273. The molecule has 0 saturated carbocycles. The molecule has 4 aromatic carbocycles. The topological polar surface area (TPSA) is 28.1 Å². The van der Waals surface area contributed by atoms with Crippen molar-refractivity contribution in [2.24, 2.45) is 4.99 Å². The van der Waals surface area contributed by atoms with Crippen LogP contribution < -0.4 is 4.90 Å². The number of aliphatic imine (C=N–C) groups is 1. The van der Waals surface area contributed by atoms with Gasteiger partial charge in [-0.25, -0.2) is 0 Å². The molecule has 2 heterocycles. The van der Waals surface area contributed by atoms with Crippen molar-refractivity contribution in [3.63, 3.8) is 0 Å². The van der Waals surface area contributed by atoms with E-state index < -0.39 is 6.35 Å². The van der Waals surface area contributed by atoms with Gasteiger partial charge in [-0.2, -0.15) is 0 Å². The van der Waals surface area contributed by atoms with E-state index in [9.17, 15) is 0 Å². The van der Waals surface area contributed by atoms with E-state index in [2.05, 4.69) is 148 Å². The van der Waals surface area contributed by atoms with Gasteiger partial charge < -0.3 is 9.64 Å². The van der Waals surface area contributed by atoms with E-state index in [1.807, 2.05) is 0 Å². The number of fused-ring (bicyclic) bond motifs is 3. The molecular formula is C35H37N3O. The Kier molecular flexibility index (Phi) is 6.31. The zero-order valence-corrected chi connectivity index (χ0v) is 23.7. The molecule has 0 amide bonds. The van der Waals surface area contributed by atoms with Crippen LogP contribution >= 0.6 is 0 Å². The highest BCUT2D eigenvalue weighted by molar-refractivity contribution is 6.08. The molecule has 6 rings (SSSR count). The smallest absolute Gasteiger partial charge is 0.217 e. The molecule has 198 valence electrons. The Hall–Kier alpha value is -3.89. The van der Waals surface area contributed by atoms with Crippen LogP contribution in [0, 0.1) is 20.8 Å². The van der Waals surface area contributed by atoms with Gasteiger partial charge in [-0.05, 0) is 75.9 Å². The standard InChI is InChI=1S/C35H37N3O/c1-23-21-24(2)31(25(3)22-23)37-29-20-14-13-19-28(29)33-36-30(26-15-9-7-10-16-26)32(27-17-11-8-12-18-27)38(33)34(37)39-35(4,5)6/h7-22,30,32,34H,1-6H3/t30-,32-,34-/m0/s1. The molecule has 0 unspecified atom stereocenters. The molecule has 0 saturated heterocycles. The van der Waals surface area contributed by atoms with Crippen LogP contribution in [0.15, 0.2) is 102 Å². The summed E-state index contributed by atoms with van der Waals surface area (Å²) in [6, 6.07) is 34.5. The molecule has 2 aliphatic rings. The van der Waals surface area contributed by atoms with Gasteiger partial charge in [0.05, 0.1) is 23.0 Å². The van der Waals surface area contributed by atoms with Crippen LogP contribution in [-0.2, 0) is 4.74 Å². The SMILES string of the molecule is Cc1cc(C)c(N2c3ccccc3C3=N[C@@H](c4ccccc4)[C@H](c4ccccc4)N3[C@H]2OC(C)(C)C)c(C)c1. The van der Waals surface area contributed by atoms with E-state index in [1.165, 1.54) is 33.5 Å². The average Bonchev–Trinajstić information content (AvgIpc) is 3.31. The van der Waals surface area contributed by atoms with E-state index in [1.54, 1.807) is 0 Å². The summed E-state index contributed by atoms with van der Waals surface area (Å²) in [5, 5.41) is 0. The third-order valence-corrected chi connectivity index (χ3v) is 7.59. The number of amidine groups is 1. The summed E-state index contributed by atoms with van der Waals surface area (Å²) in [7, 11) is 0. The van der Waals surface area contributed by atoms with E-state index >= 15 is 0 Å². The number of para-hydroxylation sites is 1. The van der Waals surface area contributed by atoms with Gasteiger partial charge in [-0.15, -0.1) is 0 Å². The lowest BCUT2D eigenvalue weighted by molar-refractivity contribution is -0.117. The normalized spacial score (nSPS) is 20.5. The minimum Gasteiger partial charge on any atom is -0.334 e. The summed E-state index contributed by atoms with van der Waals surface area (Å²) >= 11 is 0. The van der Waals surface area contributed by atoms with Gasteiger partial charge in [-0.3, -0.25) is 9.89 Å². The molecule has 39 heavy (non-hydrogen) atoms. The van der Waals surface area contributed by atoms with Gasteiger partial charge >= 0.3 is 0 Å². The van der Waals surface area contributed by atoms with Crippen LogP contribution in [0.1, 0.15) is 66.2 Å². The van der Waals surface area contributed by atoms with Crippen LogP contribution in [0.2, 0.25) is 0 Å². The second-order valence-electron chi connectivity index (χ2n) is 11.8. The highest BCUT2D eigenvalue weighted by Gasteiger charge is 2.50. The first-order chi connectivity index (χ1) is 18.7. The fraction of sp³-hybridized carbons (Fsp3) is 0.286. The number of rotatable bonds is 4. The second-order valence-corrected chi connectivity index (χ2v) is 11.8. The molecule has 3 atom stereocenters. The fourth-order valence-corrected chi connectivity index (χ4v) is 6.23. The van der Waals surface area contributed by atoms with Crippen molar-refractivity contribution in [3.05, 3.63) is 130 Å². The molecule has 0 aromatic heterocycles. The third-order valence-electron chi connectivity index (χ3n) is 7.59. The van der Waals surface area contributed by atoms with E-state index in [-0.39, 0.29) is 17.7 Å². The molecule has 0 aliphatic carbocycles. The Morgan fingerprint density at radius 3 is 1.90 bits per heavy atom. The predicted octanol–water partition coefficient (Wildman–Crippen LogP) is 8.41. The lowest BCUT2D eigenvalue weighted by Gasteiger charge is -2.50. The van der Waals surface area contributed by atoms with Gasteiger partial charge in [0.25, 0.3) is 0 Å². The first-order valence-corrected chi connectivity index (χ1v) is 13.8. The molecule has 4 nitrogen and oxygen atoms in total. The van der Waals surface area contributed by atoms with E-state index in [4.69, 9.17) is 9.73 Å². The number of hydrogen-bond acceptors (Lipinski definition) is 4. The van der Waals surface area contributed by atoms with Crippen molar-refractivity contribution >= 4 is 17.2 Å². The minimum atomic E-state index is -0.391. The largest absolute Gasteiger partial charge is 0.334 e. The molecule has 4 aromatic rings. The molecule has 0 bridgehead atoms. The van der Waals surface area contributed by atoms with Crippen molar-refractivity contribution in [1.29, 1.82) is 0 Å². The zero-order chi connectivity index (χ0) is 27.3. The summed E-state index contributed by atoms with van der Waals surface area (Å²) in [5.41, 5.74) is 9.22. The van der Waals surface area contributed by atoms with Crippen molar-refractivity contribution in [3.8, 4) is 0 Å². The number of hydrogen-bond donors (Lipinski definition) is 0. The molecule has 0 radical (unpaired) electrons. The summed E-state index contributed by atoms with van der Waals surface area (Å²) in [6.45, 7) is 13.0. The van der Waals surface area contributed by atoms with Crippen molar-refractivity contribution < 1.29 is 4.74 Å². The number of nitrogens with zero attached hydrogens (tertiary/aromatic N) is 3. The second kappa shape index (κ2) is 9.69. The Balaban J connectivity index is 1.64. The first-order valence-electron chi connectivity index (χ1n) is 13.8. The maximum atomic E-state index is 7.06. The Labute approximate surface area is 232 Å². The summed E-state index contributed by atoms with van der Waals surface area (Å²) < 4.78 is 7.06. The number of ether oxygens (including phenoxy) is 1. The molecule has 4 heteroatoms. The molecule has 0 spiro atoms. The van der Waals surface area contributed by atoms with Gasteiger partial charge in [0.15, 0.2) is 0 Å². The fourth-order valence-electron chi connectivity index (χ4n) is 6.23. The number of benzene rings is 4. The summed E-state index contributed by atoms with van der Waals surface area (Å²) in [5.74, 6) is 0.987. The lowest BCUT2D eigenvalue weighted by atomic mass is 9.93. The van der Waals surface area contributed by atoms with E-state index in [0.29, 0.717) is 0 Å². The number of aryl methyl sites for hydroxylation is 3. The summed E-state index contributed by atoms with van der Waals surface area (Å²) in [4.78, 5) is 10.3. The van der Waals surface area contributed by atoms with Crippen LogP contribution in [0.4, 0.5) is 11.4 Å². The maximum Gasteiger partial charge on any atom is 0.217 e.